The van der Waals surface area contributed by atoms with Gasteiger partial charge < -0.3 is 15.4 Å². The highest BCUT2D eigenvalue weighted by Crippen LogP contribution is 2.26. The minimum Gasteiger partial charge on any atom is -0.497 e. The van der Waals surface area contributed by atoms with Gasteiger partial charge in [-0.15, -0.1) is 18.2 Å². The van der Waals surface area contributed by atoms with Gasteiger partial charge in [-0.05, 0) is 43.3 Å². The smallest absolute Gasteiger partial charge is 0.254 e. The predicted molar refractivity (Wildman–Crippen MR) is 105 cm³/mol. The van der Waals surface area contributed by atoms with E-state index in [1.54, 1.807) is 31.4 Å². The van der Waals surface area contributed by atoms with Crippen LogP contribution in [0, 0.1) is 12.3 Å². The van der Waals surface area contributed by atoms with E-state index in [0.29, 0.717) is 11.3 Å². The van der Waals surface area contributed by atoms with E-state index in [1.165, 1.54) is 11.8 Å². The van der Waals surface area contributed by atoms with Crippen LogP contribution < -0.4 is 15.4 Å². The molecule has 0 aromatic heterocycles. The highest BCUT2D eigenvalue weighted by atomic mass is 32.2. The van der Waals surface area contributed by atoms with Gasteiger partial charge in [0.2, 0.25) is 5.91 Å². The maximum atomic E-state index is 12.5. The Morgan fingerprint density at radius 2 is 1.88 bits per heavy atom. The van der Waals surface area contributed by atoms with Crippen LogP contribution >= 0.6 is 11.8 Å². The third-order valence-electron chi connectivity index (χ3n) is 3.52. The van der Waals surface area contributed by atoms with E-state index in [0.717, 1.165) is 10.6 Å². The van der Waals surface area contributed by atoms with Crippen molar-refractivity contribution in [2.75, 3.05) is 19.0 Å². The number of thioether (sulfide) groups is 1. The molecule has 0 heterocycles. The Balaban J connectivity index is 2.04. The summed E-state index contributed by atoms with van der Waals surface area (Å²) >= 11 is 1.42. The fourth-order valence-electron chi connectivity index (χ4n) is 2.16. The number of terminal acetylenes is 1. The fourth-order valence-corrected chi connectivity index (χ4v) is 3.03. The second-order valence-electron chi connectivity index (χ2n) is 5.36. The Morgan fingerprint density at radius 1 is 1.19 bits per heavy atom. The van der Waals surface area contributed by atoms with Crippen LogP contribution in [0.1, 0.15) is 17.3 Å². The molecule has 6 heteroatoms. The molecule has 0 spiro atoms. The van der Waals surface area contributed by atoms with Gasteiger partial charge in [-0.2, -0.15) is 0 Å². The van der Waals surface area contributed by atoms with Crippen LogP contribution in [0.15, 0.2) is 53.4 Å². The van der Waals surface area contributed by atoms with Crippen molar-refractivity contribution in [3.05, 3.63) is 54.1 Å². The van der Waals surface area contributed by atoms with Crippen molar-refractivity contribution in [1.29, 1.82) is 0 Å². The van der Waals surface area contributed by atoms with Gasteiger partial charge in [-0.25, -0.2) is 0 Å². The molecule has 2 rings (SSSR count). The van der Waals surface area contributed by atoms with Crippen molar-refractivity contribution in [2.45, 2.75) is 17.1 Å². The zero-order valence-electron chi connectivity index (χ0n) is 14.6. The van der Waals surface area contributed by atoms with Crippen molar-refractivity contribution in [1.82, 2.24) is 5.32 Å². The number of hydrogen-bond acceptors (Lipinski definition) is 4. The van der Waals surface area contributed by atoms with Gasteiger partial charge >= 0.3 is 0 Å². The van der Waals surface area contributed by atoms with Crippen molar-refractivity contribution in [2.24, 2.45) is 0 Å². The second kappa shape index (κ2) is 9.54. The first-order valence-corrected chi connectivity index (χ1v) is 8.85. The average molecular weight is 368 g/mol. The van der Waals surface area contributed by atoms with Crippen molar-refractivity contribution in [3.8, 4) is 18.1 Å². The molecule has 0 saturated heterocycles. The quantitative estimate of drug-likeness (QED) is 0.582. The Kier molecular flexibility index (Phi) is 7.12. The number of para-hydroxylation sites is 1. The molecule has 0 saturated carbocycles. The molecule has 2 aromatic rings. The number of rotatable bonds is 7. The Morgan fingerprint density at radius 3 is 2.54 bits per heavy atom. The van der Waals surface area contributed by atoms with Crippen LogP contribution in [0.4, 0.5) is 5.69 Å². The fraction of sp³-hybridized carbons (Fsp3) is 0.200. The second-order valence-corrected chi connectivity index (χ2v) is 6.77. The normalized spacial score (nSPS) is 11.1. The number of carbonyl (C=O) groups excluding carboxylic acids is 2. The van der Waals surface area contributed by atoms with Gasteiger partial charge in [0, 0.05) is 4.90 Å². The number of anilines is 1. The molecule has 2 aromatic carbocycles. The Hall–Kier alpha value is -2.91. The predicted octanol–water partition coefficient (Wildman–Crippen LogP) is 3.18. The van der Waals surface area contributed by atoms with Gasteiger partial charge in [-0.1, -0.05) is 18.1 Å². The zero-order chi connectivity index (χ0) is 18.9. The summed E-state index contributed by atoms with van der Waals surface area (Å²) in [7, 11) is 1.61. The molecule has 1 unspecified atom stereocenters. The van der Waals surface area contributed by atoms with Crippen LogP contribution in [-0.4, -0.2) is 30.7 Å². The van der Waals surface area contributed by atoms with Crippen molar-refractivity contribution < 1.29 is 14.3 Å². The molecule has 26 heavy (non-hydrogen) atoms. The van der Waals surface area contributed by atoms with Crippen LogP contribution in [0.25, 0.3) is 0 Å². The van der Waals surface area contributed by atoms with Gasteiger partial charge in [-0.3, -0.25) is 9.59 Å². The highest BCUT2D eigenvalue weighted by Gasteiger charge is 2.18. The number of benzene rings is 2. The highest BCUT2D eigenvalue weighted by molar-refractivity contribution is 8.00. The molecular weight excluding hydrogens is 348 g/mol. The summed E-state index contributed by atoms with van der Waals surface area (Å²) in [6, 6.07) is 14.3. The number of carbonyl (C=O) groups is 2. The molecule has 2 N–H and O–H groups in total. The van der Waals surface area contributed by atoms with E-state index >= 15 is 0 Å². The lowest BCUT2D eigenvalue weighted by molar-refractivity contribution is -0.115. The summed E-state index contributed by atoms with van der Waals surface area (Å²) in [6.07, 6.45) is 5.16. The van der Waals surface area contributed by atoms with E-state index in [-0.39, 0.29) is 23.6 Å². The monoisotopic (exact) mass is 368 g/mol. The molecule has 0 fully saturated rings. The zero-order valence-corrected chi connectivity index (χ0v) is 15.4. The van der Waals surface area contributed by atoms with Crippen LogP contribution in [0.2, 0.25) is 0 Å². The maximum Gasteiger partial charge on any atom is 0.254 e. The molecule has 0 aliphatic carbocycles. The first-order chi connectivity index (χ1) is 12.5. The number of nitrogens with one attached hydrogen (secondary N) is 2. The Labute approximate surface area is 157 Å². The molecule has 2 amide bonds. The van der Waals surface area contributed by atoms with Crippen LogP contribution in [-0.2, 0) is 4.79 Å². The number of amides is 2. The molecular formula is C20H20N2O3S. The number of hydrogen-bond donors (Lipinski definition) is 2. The van der Waals surface area contributed by atoms with Gasteiger partial charge in [0.15, 0.2) is 0 Å². The summed E-state index contributed by atoms with van der Waals surface area (Å²) in [5.74, 6) is 2.60. The van der Waals surface area contributed by atoms with Crippen LogP contribution in [0.5, 0.6) is 5.75 Å². The van der Waals surface area contributed by atoms with Crippen molar-refractivity contribution >= 4 is 29.3 Å². The lowest BCUT2D eigenvalue weighted by Crippen LogP contribution is -2.27. The molecule has 0 bridgehead atoms. The van der Waals surface area contributed by atoms with E-state index < -0.39 is 0 Å². The van der Waals surface area contributed by atoms with E-state index in [4.69, 9.17) is 11.2 Å². The first kappa shape index (κ1) is 19.4. The molecule has 0 radical (unpaired) electrons. The molecule has 134 valence electrons. The van der Waals surface area contributed by atoms with E-state index in [2.05, 4.69) is 16.6 Å². The molecule has 1 atom stereocenters. The van der Waals surface area contributed by atoms with Crippen LogP contribution in [0.3, 0.4) is 0 Å². The Bertz CT molecular complexity index is 813. The van der Waals surface area contributed by atoms with Gasteiger partial charge in [0.1, 0.15) is 5.75 Å². The summed E-state index contributed by atoms with van der Waals surface area (Å²) in [4.78, 5) is 25.6. The maximum absolute atomic E-state index is 12.5. The first-order valence-electron chi connectivity index (χ1n) is 7.97. The van der Waals surface area contributed by atoms with Gasteiger partial charge in [0.05, 0.1) is 30.2 Å². The topological polar surface area (TPSA) is 67.4 Å². The molecule has 0 aliphatic heterocycles. The summed E-state index contributed by atoms with van der Waals surface area (Å²) in [5.41, 5.74) is 0.826. The minimum absolute atomic E-state index is 0.130. The minimum atomic E-state index is -0.342. The SMILES string of the molecule is C#CCNC(=O)c1ccccc1NC(=O)C(C)Sc1ccc(OC)cc1. The summed E-state index contributed by atoms with van der Waals surface area (Å²) < 4.78 is 5.13. The lowest BCUT2D eigenvalue weighted by atomic mass is 10.1. The third kappa shape index (κ3) is 5.30. The van der Waals surface area contributed by atoms with Crippen molar-refractivity contribution in [3.63, 3.8) is 0 Å². The molecule has 5 nitrogen and oxygen atoms in total. The lowest BCUT2D eigenvalue weighted by Gasteiger charge is -2.14. The third-order valence-corrected chi connectivity index (χ3v) is 4.63. The number of ether oxygens (including phenoxy) is 1. The average Bonchev–Trinajstić information content (AvgIpc) is 2.67. The molecule has 0 aliphatic rings. The standard InChI is InChI=1S/C20H20N2O3S/c1-4-13-21-20(24)17-7-5-6-8-18(17)22-19(23)14(2)26-16-11-9-15(25-3)10-12-16/h1,5-12,14H,13H2,2-3H3,(H,21,24)(H,22,23). The summed E-state index contributed by atoms with van der Waals surface area (Å²) in [6.45, 7) is 1.94. The number of methoxy groups -OCH3 is 1. The van der Waals surface area contributed by atoms with Gasteiger partial charge in [0.25, 0.3) is 5.91 Å². The largest absolute Gasteiger partial charge is 0.497 e. The van der Waals surface area contributed by atoms with E-state index in [1.807, 2.05) is 31.2 Å². The summed E-state index contributed by atoms with van der Waals surface area (Å²) in [5, 5.41) is 5.07. The van der Waals surface area contributed by atoms with E-state index in [9.17, 15) is 9.59 Å².